The van der Waals surface area contributed by atoms with Crippen molar-refractivity contribution in [2.75, 3.05) is 6.54 Å². The Hall–Kier alpha value is -0.920. The summed E-state index contributed by atoms with van der Waals surface area (Å²) < 4.78 is 27.2. The van der Waals surface area contributed by atoms with E-state index in [0.717, 1.165) is 12.5 Å². The van der Waals surface area contributed by atoms with Crippen molar-refractivity contribution in [3.8, 4) is 0 Å². The summed E-state index contributed by atoms with van der Waals surface area (Å²) in [4.78, 5) is 11.0. The van der Waals surface area contributed by atoms with Gasteiger partial charge in [-0.2, -0.15) is 0 Å². The average molecular weight is 364 g/mol. The Kier molecular flexibility index (Phi) is 5.34. The van der Waals surface area contributed by atoms with Crippen molar-refractivity contribution in [1.29, 1.82) is 0 Å². The number of nitrogens with one attached hydrogen (secondary N) is 1. The van der Waals surface area contributed by atoms with Crippen LogP contribution in [0.25, 0.3) is 0 Å². The minimum Gasteiger partial charge on any atom is -0.478 e. The van der Waals surface area contributed by atoms with E-state index < -0.39 is 16.0 Å². The molecule has 0 amide bonds. The number of carboxylic acid groups (broad SMARTS) is 1. The highest BCUT2D eigenvalue weighted by Gasteiger charge is 2.22. The maximum absolute atomic E-state index is 12.2. The molecule has 0 spiro atoms. The Morgan fingerprint density at radius 2 is 2.00 bits per heavy atom. The smallest absolute Gasteiger partial charge is 0.336 e. The van der Waals surface area contributed by atoms with Crippen LogP contribution in [0.5, 0.6) is 0 Å². The highest BCUT2D eigenvalue weighted by molar-refractivity contribution is 9.10. The number of carboxylic acids is 1. The normalized spacial score (nSPS) is 12.4. The first-order valence-corrected chi connectivity index (χ1v) is 8.39. The van der Waals surface area contributed by atoms with Crippen molar-refractivity contribution >= 4 is 31.9 Å². The van der Waals surface area contributed by atoms with Gasteiger partial charge in [-0.15, -0.1) is 0 Å². The zero-order valence-electron chi connectivity index (χ0n) is 11.6. The Morgan fingerprint density at radius 3 is 2.50 bits per heavy atom. The molecule has 7 heteroatoms. The lowest BCUT2D eigenvalue weighted by atomic mass is 9.91. The topological polar surface area (TPSA) is 83.5 Å². The van der Waals surface area contributed by atoms with E-state index in [9.17, 15) is 13.2 Å². The lowest BCUT2D eigenvalue weighted by Crippen LogP contribution is -2.33. The Balaban J connectivity index is 3.05. The van der Waals surface area contributed by atoms with E-state index in [2.05, 4.69) is 20.7 Å². The molecule has 2 N–H and O–H groups in total. The molecule has 20 heavy (non-hydrogen) atoms. The lowest BCUT2D eigenvalue weighted by Gasteiger charge is -2.22. The van der Waals surface area contributed by atoms with Gasteiger partial charge in [-0.25, -0.2) is 17.9 Å². The third-order valence-electron chi connectivity index (χ3n) is 3.18. The van der Waals surface area contributed by atoms with Crippen molar-refractivity contribution < 1.29 is 18.3 Å². The molecule has 0 saturated carbocycles. The van der Waals surface area contributed by atoms with E-state index in [1.54, 1.807) is 0 Å². The molecule has 1 aromatic carbocycles. The SMILES string of the molecule is CCC(C)(C)CNS(=O)(=O)c1ccc(Br)c(C(=O)O)c1. The molecule has 0 bridgehead atoms. The van der Waals surface area contributed by atoms with Crippen molar-refractivity contribution in [2.45, 2.75) is 32.1 Å². The molecule has 0 aliphatic heterocycles. The first-order valence-electron chi connectivity index (χ1n) is 6.11. The molecule has 0 aromatic heterocycles. The largest absolute Gasteiger partial charge is 0.478 e. The highest BCUT2D eigenvalue weighted by atomic mass is 79.9. The van der Waals surface area contributed by atoms with Gasteiger partial charge < -0.3 is 5.11 Å². The van der Waals surface area contributed by atoms with E-state index in [1.165, 1.54) is 12.1 Å². The van der Waals surface area contributed by atoms with E-state index in [4.69, 9.17) is 5.11 Å². The van der Waals surface area contributed by atoms with Crippen molar-refractivity contribution in [3.63, 3.8) is 0 Å². The fourth-order valence-corrected chi connectivity index (χ4v) is 3.02. The number of halogens is 1. The quantitative estimate of drug-likeness (QED) is 0.813. The van der Waals surface area contributed by atoms with Gasteiger partial charge in [0.15, 0.2) is 0 Å². The molecule has 112 valence electrons. The third kappa shape index (κ3) is 4.29. The van der Waals surface area contributed by atoms with Gasteiger partial charge in [0.25, 0.3) is 0 Å². The minimum atomic E-state index is -3.71. The first kappa shape index (κ1) is 17.1. The van der Waals surface area contributed by atoms with Gasteiger partial charge >= 0.3 is 5.97 Å². The van der Waals surface area contributed by atoms with Crippen LogP contribution in [0.4, 0.5) is 0 Å². The zero-order valence-corrected chi connectivity index (χ0v) is 14.0. The average Bonchev–Trinajstić information content (AvgIpc) is 2.36. The van der Waals surface area contributed by atoms with Gasteiger partial charge in [-0.05, 0) is 46.0 Å². The second-order valence-corrected chi connectivity index (χ2v) is 7.91. The summed E-state index contributed by atoms with van der Waals surface area (Å²) in [6.07, 6.45) is 0.830. The van der Waals surface area contributed by atoms with Gasteiger partial charge in [-0.3, -0.25) is 0 Å². The molecule has 0 fully saturated rings. The van der Waals surface area contributed by atoms with Crippen LogP contribution in [0, 0.1) is 5.41 Å². The van der Waals surface area contributed by atoms with Crippen molar-refractivity contribution in [3.05, 3.63) is 28.2 Å². The van der Waals surface area contributed by atoms with Crippen molar-refractivity contribution in [1.82, 2.24) is 4.72 Å². The molecule has 0 radical (unpaired) electrons. The third-order valence-corrected chi connectivity index (χ3v) is 5.27. The van der Waals surface area contributed by atoms with Crippen LogP contribution in [0.1, 0.15) is 37.6 Å². The molecule has 0 aliphatic carbocycles. The highest BCUT2D eigenvalue weighted by Crippen LogP contribution is 2.22. The summed E-state index contributed by atoms with van der Waals surface area (Å²) in [6.45, 7) is 6.19. The molecule has 1 aromatic rings. The Bertz CT molecular complexity index is 611. The van der Waals surface area contributed by atoms with Gasteiger partial charge in [0.1, 0.15) is 0 Å². The van der Waals surface area contributed by atoms with Gasteiger partial charge in [0.2, 0.25) is 10.0 Å². The van der Waals surface area contributed by atoms with Crippen molar-refractivity contribution in [2.24, 2.45) is 5.41 Å². The summed E-state index contributed by atoms with van der Waals surface area (Å²) in [5.74, 6) is -1.18. The zero-order chi connectivity index (χ0) is 15.6. The van der Waals surface area contributed by atoms with E-state index in [0.29, 0.717) is 11.0 Å². The summed E-state index contributed by atoms with van der Waals surface area (Å²) >= 11 is 3.08. The Morgan fingerprint density at radius 1 is 1.40 bits per heavy atom. The Labute approximate surface area is 127 Å². The second-order valence-electron chi connectivity index (χ2n) is 5.29. The number of hydrogen-bond acceptors (Lipinski definition) is 3. The lowest BCUT2D eigenvalue weighted by molar-refractivity contribution is 0.0695. The van der Waals surface area contributed by atoms with Gasteiger partial charge in [0.05, 0.1) is 10.5 Å². The molecule has 0 saturated heterocycles. The predicted octanol–water partition coefficient (Wildman–Crippen LogP) is 2.86. The fraction of sp³-hybridized carbons (Fsp3) is 0.462. The van der Waals surface area contributed by atoms with Crippen LogP contribution in [0.2, 0.25) is 0 Å². The molecule has 1 rings (SSSR count). The monoisotopic (exact) mass is 363 g/mol. The first-order chi connectivity index (χ1) is 9.09. The van der Waals surface area contributed by atoms with E-state index in [1.807, 2.05) is 20.8 Å². The van der Waals surface area contributed by atoms with Crippen LogP contribution in [0.3, 0.4) is 0 Å². The van der Waals surface area contributed by atoms with E-state index in [-0.39, 0.29) is 15.9 Å². The second kappa shape index (κ2) is 6.24. The maximum Gasteiger partial charge on any atom is 0.336 e. The standard InChI is InChI=1S/C13H18BrNO4S/c1-4-13(2,3)8-15-20(18,19)9-5-6-11(14)10(7-9)12(16)17/h5-7,15H,4,8H2,1-3H3,(H,16,17). The van der Waals surface area contributed by atoms with Crippen LogP contribution < -0.4 is 4.72 Å². The summed E-state index contributed by atoms with van der Waals surface area (Å²) in [5, 5.41) is 9.01. The molecule has 0 unspecified atom stereocenters. The fourth-order valence-electron chi connectivity index (χ4n) is 1.33. The molecule has 0 heterocycles. The van der Waals surface area contributed by atoms with Crippen LogP contribution in [-0.2, 0) is 10.0 Å². The number of carbonyl (C=O) groups is 1. The molecular formula is C13H18BrNO4S. The summed E-state index contributed by atoms with van der Waals surface area (Å²) in [7, 11) is -3.71. The van der Waals surface area contributed by atoms with Crippen LogP contribution in [-0.4, -0.2) is 26.0 Å². The molecule has 5 nitrogen and oxygen atoms in total. The van der Waals surface area contributed by atoms with Gasteiger partial charge in [0, 0.05) is 11.0 Å². The molecular weight excluding hydrogens is 346 g/mol. The number of aromatic carboxylic acids is 1. The summed E-state index contributed by atoms with van der Waals surface area (Å²) in [5.41, 5.74) is -0.236. The summed E-state index contributed by atoms with van der Waals surface area (Å²) in [6, 6.07) is 3.94. The predicted molar refractivity (Wildman–Crippen MR) is 80.4 cm³/mol. The molecule has 0 aliphatic rings. The van der Waals surface area contributed by atoms with Crippen LogP contribution in [0.15, 0.2) is 27.6 Å². The maximum atomic E-state index is 12.2. The molecule has 0 atom stereocenters. The number of hydrogen-bond donors (Lipinski definition) is 2. The number of rotatable bonds is 6. The van der Waals surface area contributed by atoms with Crippen LogP contribution >= 0.6 is 15.9 Å². The van der Waals surface area contributed by atoms with Gasteiger partial charge in [-0.1, -0.05) is 20.8 Å². The number of benzene rings is 1. The number of sulfonamides is 1. The minimum absolute atomic E-state index is 0.0509. The van der Waals surface area contributed by atoms with E-state index >= 15 is 0 Å².